The Morgan fingerprint density at radius 1 is 0.416 bits per heavy atom. The Labute approximate surface area is 537 Å². The number of carbonyl (C=O) groups excluding carboxylic acids is 1. The second-order valence-corrected chi connectivity index (χ2v) is 22.9. The Balaban J connectivity index is 1.70. The van der Waals surface area contributed by atoms with Crippen LogP contribution in [0.3, 0.4) is 0 Å². The van der Waals surface area contributed by atoms with Gasteiger partial charge in [0.2, 0.25) is 5.91 Å². The molecule has 2 aliphatic heterocycles. The Morgan fingerprint density at radius 2 is 0.787 bits per heavy atom. The number of rotatable bonds is 52. The molecule has 9 N–H and O–H groups in total. The number of ether oxygens (including phenoxy) is 4. The van der Waals surface area contributed by atoms with Gasteiger partial charge in [0.15, 0.2) is 12.6 Å². The predicted molar refractivity (Wildman–Crippen MR) is 363 cm³/mol. The summed E-state index contributed by atoms with van der Waals surface area (Å²) in [5, 5.41) is 87.2. The number of aliphatic hydroxyl groups excluding tert-OH is 8. The summed E-state index contributed by atoms with van der Waals surface area (Å²) in [6, 6.07) is -0.968. The van der Waals surface area contributed by atoms with Gasteiger partial charge in [-0.3, -0.25) is 4.79 Å². The van der Waals surface area contributed by atoms with Crippen LogP contribution in [0.5, 0.6) is 0 Å². The molecule has 2 aliphatic rings. The normalized spacial score (nSPS) is 24.2. The molecule has 14 nitrogen and oxygen atoms in total. The van der Waals surface area contributed by atoms with Gasteiger partial charge in [-0.1, -0.05) is 242 Å². The molecular formula is C75H119NO13. The van der Waals surface area contributed by atoms with Crippen molar-refractivity contribution in [3.05, 3.63) is 170 Å². The van der Waals surface area contributed by atoms with Crippen LogP contribution in [-0.4, -0.2) is 140 Å². The first-order valence-electron chi connectivity index (χ1n) is 33.9. The summed E-state index contributed by atoms with van der Waals surface area (Å²) in [7, 11) is 0. The lowest BCUT2D eigenvalue weighted by Crippen LogP contribution is -2.65. The van der Waals surface area contributed by atoms with Gasteiger partial charge in [-0.25, -0.2) is 0 Å². The highest BCUT2D eigenvalue weighted by molar-refractivity contribution is 5.76. The number of hydrogen-bond donors (Lipinski definition) is 9. The van der Waals surface area contributed by atoms with Crippen molar-refractivity contribution in [2.24, 2.45) is 0 Å². The summed E-state index contributed by atoms with van der Waals surface area (Å²) in [6.45, 7) is 2.61. The van der Waals surface area contributed by atoms with Crippen molar-refractivity contribution >= 4 is 5.91 Å². The van der Waals surface area contributed by atoms with E-state index in [9.17, 15) is 45.6 Å². The Kier molecular flexibility index (Phi) is 51.8. The lowest BCUT2D eigenvalue weighted by molar-refractivity contribution is -0.359. The second kappa shape index (κ2) is 57.3. The van der Waals surface area contributed by atoms with Gasteiger partial charge >= 0.3 is 0 Å². The topological polar surface area (TPSA) is 228 Å². The maximum Gasteiger partial charge on any atom is 0.220 e. The molecule has 89 heavy (non-hydrogen) atoms. The van der Waals surface area contributed by atoms with Crippen molar-refractivity contribution in [3.8, 4) is 0 Å². The molecule has 0 aromatic carbocycles. The highest BCUT2D eigenvalue weighted by Crippen LogP contribution is 2.30. The molecule has 0 spiro atoms. The molecule has 0 aliphatic carbocycles. The summed E-state index contributed by atoms with van der Waals surface area (Å²) >= 11 is 0. The molecule has 12 atom stereocenters. The van der Waals surface area contributed by atoms with Crippen LogP contribution in [0.4, 0.5) is 0 Å². The van der Waals surface area contributed by atoms with Crippen LogP contribution >= 0.6 is 0 Å². The molecule has 0 aromatic heterocycles. The van der Waals surface area contributed by atoms with E-state index >= 15 is 0 Å². The van der Waals surface area contributed by atoms with Gasteiger partial charge in [-0.2, -0.15) is 0 Å². The summed E-state index contributed by atoms with van der Waals surface area (Å²) in [5.41, 5.74) is 0. The molecule has 14 heteroatoms. The molecule has 2 fully saturated rings. The molecule has 502 valence electrons. The molecule has 1 amide bonds. The fourth-order valence-electron chi connectivity index (χ4n) is 9.76. The molecule has 2 rings (SSSR count). The average Bonchev–Trinajstić information content (AvgIpc) is 2.55. The summed E-state index contributed by atoms with van der Waals surface area (Å²) in [5.74, 6) is -0.299. The van der Waals surface area contributed by atoms with Gasteiger partial charge in [0.25, 0.3) is 0 Å². The zero-order valence-electron chi connectivity index (χ0n) is 54.3. The van der Waals surface area contributed by atoms with Crippen molar-refractivity contribution in [3.63, 3.8) is 0 Å². The zero-order chi connectivity index (χ0) is 64.5. The Hall–Kier alpha value is -4.65. The van der Waals surface area contributed by atoms with Gasteiger partial charge < -0.3 is 65.1 Å². The van der Waals surface area contributed by atoms with Crippen LogP contribution in [0.2, 0.25) is 0 Å². The molecule has 0 bridgehead atoms. The number of nitrogens with one attached hydrogen (secondary N) is 1. The SMILES string of the molecule is CC/C=C\C/C=C\C/C=C\C/C=C\C/C=C\C/C=C\C/C=C\C/C=C\C/C=C\C/C=C\C/C=C\C/C=C\CCCCC(=O)NC(COC1OC(CO)C(OC2OC(CO)C(O)C(O)C2O)C(O)C1O)C(O)/C=C/CC/C=C/CCCCCCCCCCCC. The van der Waals surface area contributed by atoms with Crippen LogP contribution in [-0.2, 0) is 23.7 Å². The molecule has 0 radical (unpaired) electrons. The maximum absolute atomic E-state index is 13.3. The highest BCUT2D eigenvalue weighted by atomic mass is 16.7. The van der Waals surface area contributed by atoms with Gasteiger partial charge in [-0.15, -0.1) is 0 Å². The summed E-state index contributed by atoms with van der Waals surface area (Å²) in [6.07, 6.45) is 72.6. The minimum atomic E-state index is -1.80. The minimum Gasteiger partial charge on any atom is -0.394 e. The number of allylic oxidation sites excluding steroid dienone is 27. The van der Waals surface area contributed by atoms with Crippen molar-refractivity contribution < 1.29 is 64.6 Å². The summed E-state index contributed by atoms with van der Waals surface area (Å²) < 4.78 is 22.7. The van der Waals surface area contributed by atoms with Crippen molar-refractivity contribution in [2.75, 3.05) is 19.8 Å². The molecule has 2 saturated heterocycles. The van der Waals surface area contributed by atoms with E-state index in [1.807, 2.05) is 6.08 Å². The fraction of sp³-hybridized carbons (Fsp3) is 0.613. The van der Waals surface area contributed by atoms with Gasteiger partial charge in [0.05, 0.1) is 32.0 Å². The molecule has 0 saturated carbocycles. The third-order valence-corrected chi connectivity index (χ3v) is 15.1. The van der Waals surface area contributed by atoms with Crippen molar-refractivity contribution in [2.45, 2.75) is 274 Å². The van der Waals surface area contributed by atoms with Crippen LogP contribution in [0.1, 0.15) is 200 Å². The van der Waals surface area contributed by atoms with E-state index in [2.05, 4.69) is 177 Å². The first-order valence-corrected chi connectivity index (χ1v) is 33.9. The van der Waals surface area contributed by atoms with Gasteiger partial charge in [0.1, 0.15) is 48.8 Å². The number of aliphatic hydroxyl groups is 8. The maximum atomic E-state index is 13.3. The lowest BCUT2D eigenvalue weighted by Gasteiger charge is -2.46. The monoisotopic (exact) mass is 1240 g/mol. The minimum absolute atomic E-state index is 0.206. The van der Waals surface area contributed by atoms with E-state index in [1.165, 1.54) is 64.2 Å². The highest BCUT2D eigenvalue weighted by Gasteiger charge is 2.51. The molecule has 0 aromatic rings. The Morgan fingerprint density at radius 3 is 1.24 bits per heavy atom. The smallest absolute Gasteiger partial charge is 0.220 e. The van der Waals surface area contributed by atoms with E-state index in [-0.39, 0.29) is 18.9 Å². The predicted octanol–water partition coefficient (Wildman–Crippen LogP) is 13.6. The van der Waals surface area contributed by atoms with E-state index in [1.54, 1.807) is 6.08 Å². The Bertz CT molecular complexity index is 2150. The molecule has 2 heterocycles. The number of unbranched alkanes of at least 4 members (excludes halogenated alkanes) is 13. The van der Waals surface area contributed by atoms with E-state index in [4.69, 9.17) is 18.9 Å². The molecule has 12 unspecified atom stereocenters. The van der Waals surface area contributed by atoms with E-state index < -0.39 is 86.8 Å². The van der Waals surface area contributed by atoms with E-state index in [0.717, 1.165) is 103 Å². The number of amides is 1. The van der Waals surface area contributed by atoms with Crippen molar-refractivity contribution in [1.82, 2.24) is 5.32 Å². The fourth-order valence-corrected chi connectivity index (χ4v) is 9.76. The average molecular weight is 1240 g/mol. The van der Waals surface area contributed by atoms with Crippen LogP contribution in [0.25, 0.3) is 0 Å². The third kappa shape index (κ3) is 41.5. The third-order valence-electron chi connectivity index (χ3n) is 15.1. The molecular weight excluding hydrogens is 1120 g/mol. The van der Waals surface area contributed by atoms with Gasteiger partial charge in [-0.05, 0) is 122 Å². The second-order valence-electron chi connectivity index (χ2n) is 22.9. The number of hydrogen-bond acceptors (Lipinski definition) is 13. The zero-order valence-corrected chi connectivity index (χ0v) is 54.3. The van der Waals surface area contributed by atoms with Gasteiger partial charge in [0, 0.05) is 6.42 Å². The first kappa shape index (κ1) is 80.4. The van der Waals surface area contributed by atoms with Crippen LogP contribution in [0, 0.1) is 0 Å². The van der Waals surface area contributed by atoms with Crippen molar-refractivity contribution in [1.29, 1.82) is 0 Å². The van der Waals surface area contributed by atoms with E-state index in [0.29, 0.717) is 12.8 Å². The number of carbonyl (C=O) groups is 1. The van der Waals surface area contributed by atoms with Crippen LogP contribution in [0.15, 0.2) is 170 Å². The largest absolute Gasteiger partial charge is 0.394 e. The first-order chi connectivity index (χ1) is 43.6. The lowest BCUT2D eigenvalue weighted by atomic mass is 9.97. The standard InChI is InChI=1S/C75H119NO13/c1-3-5-7-9-11-13-15-17-19-21-22-23-24-25-26-27-28-29-30-31-32-33-34-35-36-37-38-39-40-41-42-43-45-47-49-51-53-55-57-59-67(80)76-63(64(79)58-56-54-52-50-48-46-44-20-18-16-14-12-10-8-6-4-2)62-86-74-72(85)70(83)73(66(61-78)88-74)89-75-71(84)69(82)68(81)65(60-77)87-75/h5,7,11,13,17,19,22-23,25-26,28-29,31-32,34-35,37-38,40-41,43,45,48-51,56,58,63-66,68-75,77-79,81-85H,3-4,6,8-10,12,14-16,18,20-21,24,27,30,33,36,39,42,44,46-47,52-55,57,59-62H2,1-2H3,(H,76,80)/b7-5-,13-11-,19-17-,23-22-,26-25-,29-28-,32-31-,35-34-,38-37-,41-40-,45-43-,50-48+,51-49-,58-56+. The quantitative estimate of drug-likeness (QED) is 0.0204. The van der Waals surface area contributed by atoms with Crippen LogP contribution < -0.4 is 5.32 Å². The summed E-state index contributed by atoms with van der Waals surface area (Å²) in [4.78, 5) is 13.3.